The van der Waals surface area contributed by atoms with Gasteiger partial charge in [-0.25, -0.2) is 0 Å². The first-order valence-electron chi connectivity index (χ1n) is 8.17. The Kier molecular flexibility index (Phi) is 6.10. The summed E-state index contributed by atoms with van der Waals surface area (Å²) in [6.07, 6.45) is 8.38. The summed E-state index contributed by atoms with van der Waals surface area (Å²) < 4.78 is 0. The second-order valence-corrected chi connectivity index (χ2v) is 6.72. The summed E-state index contributed by atoms with van der Waals surface area (Å²) in [5.41, 5.74) is 1.84. The van der Waals surface area contributed by atoms with E-state index in [1.807, 2.05) is 25.1 Å². The molecule has 1 aliphatic rings. The fraction of sp³-hybridized carbons (Fsp3) is 0.611. The van der Waals surface area contributed by atoms with Gasteiger partial charge in [-0.1, -0.05) is 43.9 Å². The predicted molar refractivity (Wildman–Crippen MR) is 89.8 cm³/mol. The molecule has 0 heterocycles. The molecule has 0 aliphatic heterocycles. The lowest BCUT2D eigenvalue weighted by atomic mass is 9.79. The monoisotopic (exact) mass is 307 g/mol. The van der Waals surface area contributed by atoms with E-state index in [9.17, 15) is 4.79 Å². The molecule has 1 aliphatic carbocycles. The number of hydrogen-bond acceptors (Lipinski definition) is 1. The van der Waals surface area contributed by atoms with E-state index in [4.69, 9.17) is 11.6 Å². The molecule has 0 unspecified atom stereocenters. The van der Waals surface area contributed by atoms with Crippen molar-refractivity contribution in [3.05, 3.63) is 28.8 Å². The number of aryl methyl sites for hydroxylation is 1. The molecule has 21 heavy (non-hydrogen) atoms. The quantitative estimate of drug-likeness (QED) is 0.755. The van der Waals surface area contributed by atoms with Gasteiger partial charge in [-0.15, -0.1) is 0 Å². The molecule has 0 bridgehead atoms. The van der Waals surface area contributed by atoms with Gasteiger partial charge in [0.05, 0.1) is 0 Å². The lowest BCUT2D eigenvalue weighted by Crippen LogP contribution is -2.27. The summed E-state index contributed by atoms with van der Waals surface area (Å²) >= 11 is 6.10. The first kappa shape index (κ1) is 16.4. The van der Waals surface area contributed by atoms with Crippen LogP contribution in [0, 0.1) is 18.8 Å². The van der Waals surface area contributed by atoms with E-state index in [1.165, 1.54) is 32.1 Å². The van der Waals surface area contributed by atoms with Crippen LogP contribution in [0.5, 0.6) is 0 Å². The molecular weight excluding hydrogens is 282 g/mol. The van der Waals surface area contributed by atoms with Gasteiger partial charge in [0.1, 0.15) is 0 Å². The van der Waals surface area contributed by atoms with Crippen molar-refractivity contribution in [2.24, 2.45) is 11.8 Å². The number of unbranched alkanes of at least 4 members (excludes halogenated alkanes) is 1. The first-order valence-corrected chi connectivity index (χ1v) is 8.55. The molecule has 1 fully saturated rings. The van der Waals surface area contributed by atoms with Crippen molar-refractivity contribution in [3.63, 3.8) is 0 Å². The Bertz CT molecular complexity index is 478. The van der Waals surface area contributed by atoms with Crippen LogP contribution in [0.2, 0.25) is 5.02 Å². The highest BCUT2D eigenvalue weighted by Crippen LogP contribution is 2.32. The molecule has 116 valence electrons. The standard InChI is InChI=1S/C18H26ClNO/c1-3-4-5-14-7-9-15(10-8-14)18(21)20-16-11-6-13(2)17(19)12-16/h6,11-12,14-15H,3-5,7-10H2,1-2H3,(H,20,21). The number of nitrogens with one attached hydrogen (secondary N) is 1. The summed E-state index contributed by atoms with van der Waals surface area (Å²) in [5, 5.41) is 3.72. The number of halogens is 1. The maximum atomic E-state index is 12.3. The van der Waals surface area contributed by atoms with Gasteiger partial charge in [-0.3, -0.25) is 4.79 Å². The minimum absolute atomic E-state index is 0.156. The smallest absolute Gasteiger partial charge is 0.227 e. The summed E-state index contributed by atoms with van der Waals surface area (Å²) in [4.78, 5) is 12.3. The Morgan fingerprint density at radius 2 is 2.00 bits per heavy atom. The third-order valence-corrected chi connectivity index (χ3v) is 5.03. The molecule has 0 aromatic heterocycles. The zero-order valence-electron chi connectivity index (χ0n) is 13.1. The van der Waals surface area contributed by atoms with Crippen molar-refractivity contribution in [3.8, 4) is 0 Å². The van der Waals surface area contributed by atoms with Crippen LogP contribution in [0.3, 0.4) is 0 Å². The third kappa shape index (κ3) is 4.74. The topological polar surface area (TPSA) is 29.1 Å². The molecule has 1 N–H and O–H groups in total. The van der Waals surface area contributed by atoms with Crippen molar-refractivity contribution < 1.29 is 4.79 Å². The summed E-state index contributed by atoms with van der Waals surface area (Å²) in [5.74, 6) is 1.16. The molecule has 0 spiro atoms. The van der Waals surface area contributed by atoms with Crippen molar-refractivity contribution in [1.82, 2.24) is 0 Å². The van der Waals surface area contributed by atoms with Gasteiger partial charge in [0.2, 0.25) is 5.91 Å². The molecule has 2 nitrogen and oxygen atoms in total. The van der Waals surface area contributed by atoms with Crippen molar-refractivity contribution in [2.45, 2.75) is 58.8 Å². The Hall–Kier alpha value is -1.02. The predicted octanol–water partition coefficient (Wildman–Crippen LogP) is 5.58. The van der Waals surface area contributed by atoms with Gasteiger partial charge in [0.15, 0.2) is 0 Å². The van der Waals surface area contributed by atoms with Crippen LogP contribution in [-0.2, 0) is 4.79 Å². The molecule has 2 rings (SSSR count). The molecule has 1 aromatic carbocycles. The van der Waals surface area contributed by atoms with Crippen LogP contribution in [0.25, 0.3) is 0 Å². The van der Waals surface area contributed by atoms with Crippen molar-refractivity contribution in [2.75, 3.05) is 5.32 Å². The fourth-order valence-electron chi connectivity index (χ4n) is 3.12. The minimum Gasteiger partial charge on any atom is -0.326 e. The van der Waals surface area contributed by atoms with E-state index in [0.29, 0.717) is 5.02 Å². The van der Waals surface area contributed by atoms with E-state index in [1.54, 1.807) is 0 Å². The SMILES string of the molecule is CCCCC1CCC(C(=O)Nc2ccc(C)c(Cl)c2)CC1. The zero-order valence-corrected chi connectivity index (χ0v) is 13.9. The van der Waals surface area contributed by atoms with Gasteiger partial charge in [0.25, 0.3) is 0 Å². The molecule has 0 radical (unpaired) electrons. The van der Waals surface area contributed by atoms with E-state index < -0.39 is 0 Å². The normalized spacial score (nSPS) is 22.0. The van der Waals surface area contributed by atoms with Gasteiger partial charge in [-0.05, 0) is 56.2 Å². The van der Waals surface area contributed by atoms with Crippen LogP contribution in [0.1, 0.15) is 57.4 Å². The number of carbonyl (C=O) groups excluding carboxylic acids is 1. The van der Waals surface area contributed by atoms with Gasteiger partial charge in [0, 0.05) is 16.6 Å². The Balaban J connectivity index is 1.83. The molecule has 3 heteroatoms. The zero-order chi connectivity index (χ0) is 15.2. The first-order chi connectivity index (χ1) is 10.1. The molecule has 0 saturated heterocycles. The highest BCUT2D eigenvalue weighted by Gasteiger charge is 2.26. The van der Waals surface area contributed by atoms with E-state index in [2.05, 4.69) is 12.2 Å². The second-order valence-electron chi connectivity index (χ2n) is 6.31. The van der Waals surface area contributed by atoms with Gasteiger partial charge in [-0.2, -0.15) is 0 Å². The Labute approximate surface area is 133 Å². The molecule has 1 amide bonds. The highest BCUT2D eigenvalue weighted by atomic mass is 35.5. The summed E-state index contributed by atoms with van der Waals surface area (Å²) in [6.45, 7) is 4.21. The van der Waals surface area contributed by atoms with E-state index in [-0.39, 0.29) is 11.8 Å². The van der Waals surface area contributed by atoms with Gasteiger partial charge >= 0.3 is 0 Å². The van der Waals surface area contributed by atoms with Crippen LogP contribution < -0.4 is 5.32 Å². The Morgan fingerprint density at radius 1 is 1.29 bits per heavy atom. The maximum absolute atomic E-state index is 12.3. The van der Waals surface area contributed by atoms with Crippen molar-refractivity contribution in [1.29, 1.82) is 0 Å². The summed E-state index contributed by atoms with van der Waals surface area (Å²) in [6, 6.07) is 5.70. The average Bonchev–Trinajstić information content (AvgIpc) is 2.49. The van der Waals surface area contributed by atoms with Crippen LogP contribution in [-0.4, -0.2) is 5.91 Å². The van der Waals surface area contributed by atoms with Gasteiger partial charge < -0.3 is 5.32 Å². The number of hydrogen-bond donors (Lipinski definition) is 1. The third-order valence-electron chi connectivity index (χ3n) is 4.62. The highest BCUT2D eigenvalue weighted by molar-refractivity contribution is 6.31. The van der Waals surface area contributed by atoms with Crippen LogP contribution in [0.4, 0.5) is 5.69 Å². The largest absolute Gasteiger partial charge is 0.326 e. The Morgan fingerprint density at radius 3 is 2.62 bits per heavy atom. The fourth-order valence-corrected chi connectivity index (χ4v) is 3.30. The second kappa shape index (κ2) is 7.84. The number of amides is 1. The minimum atomic E-state index is 0.156. The number of rotatable bonds is 5. The van der Waals surface area contributed by atoms with E-state index >= 15 is 0 Å². The van der Waals surface area contributed by atoms with Crippen LogP contribution >= 0.6 is 11.6 Å². The lowest BCUT2D eigenvalue weighted by molar-refractivity contribution is -0.121. The lowest BCUT2D eigenvalue weighted by Gasteiger charge is -2.27. The van der Waals surface area contributed by atoms with Crippen molar-refractivity contribution >= 4 is 23.2 Å². The van der Waals surface area contributed by atoms with Crippen LogP contribution in [0.15, 0.2) is 18.2 Å². The number of benzene rings is 1. The number of carbonyl (C=O) groups is 1. The maximum Gasteiger partial charge on any atom is 0.227 e. The summed E-state index contributed by atoms with van der Waals surface area (Å²) in [7, 11) is 0. The average molecular weight is 308 g/mol. The number of anilines is 1. The molecule has 1 saturated carbocycles. The molecule has 1 aromatic rings. The van der Waals surface area contributed by atoms with E-state index in [0.717, 1.165) is 30.0 Å². The molecule has 0 atom stereocenters. The molecular formula is C18H26ClNO.